The van der Waals surface area contributed by atoms with Gasteiger partial charge in [-0.15, -0.1) is 0 Å². The number of hydrazone groups is 2. The molecular formula is C19H16Br4N4O2. The molecule has 0 heterocycles. The lowest BCUT2D eigenvalue weighted by Crippen LogP contribution is -2.20. The number of hydrogen-bond acceptors (Lipinski definition) is 4. The lowest BCUT2D eigenvalue weighted by Gasteiger charge is -2.01. The van der Waals surface area contributed by atoms with E-state index in [1.165, 1.54) is 0 Å². The first kappa shape index (κ1) is 23.9. The van der Waals surface area contributed by atoms with Gasteiger partial charge in [-0.25, -0.2) is 10.9 Å². The fourth-order valence-corrected chi connectivity index (χ4v) is 4.84. The van der Waals surface area contributed by atoms with Gasteiger partial charge < -0.3 is 0 Å². The molecule has 0 aliphatic carbocycles. The summed E-state index contributed by atoms with van der Waals surface area (Å²) in [4.78, 5) is 23.6. The van der Waals surface area contributed by atoms with E-state index >= 15 is 0 Å². The van der Waals surface area contributed by atoms with E-state index in [0.717, 1.165) is 29.0 Å². The molecule has 2 aromatic rings. The molecule has 2 aromatic carbocycles. The summed E-state index contributed by atoms with van der Waals surface area (Å²) >= 11 is 13.6. The number of carbonyl (C=O) groups is 2. The Morgan fingerprint density at radius 2 is 1.03 bits per heavy atom. The van der Waals surface area contributed by atoms with E-state index in [0.29, 0.717) is 6.42 Å². The first-order valence-electron chi connectivity index (χ1n) is 8.38. The molecule has 0 spiro atoms. The quantitative estimate of drug-likeness (QED) is 0.292. The highest BCUT2D eigenvalue weighted by Gasteiger charge is 2.04. The lowest BCUT2D eigenvalue weighted by atomic mass is 10.2. The predicted octanol–water partition coefficient (Wildman–Crippen LogP) is 5.51. The van der Waals surface area contributed by atoms with Gasteiger partial charge in [-0.1, -0.05) is 63.7 Å². The van der Waals surface area contributed by atoms with Gasteiger partial charge in [0.2, 0.25) is 11.8 Å². The first-order chi connectivity index (χ1) is 13.8. The van der Waals surface area contributed by atoms with E-state index in [-0.39, 0.29) is 24.7 Å². The number of carbonyl (C=O) groups excluding carboxylic acids is 2. The standard InChI is InChI=1S/C19H16Br4N4O2/c20-14-4-12(5-15(21)8-14)10-24-26-18(28)2-1-3-19(29)27-25-11-13-6-16(22)9-17(23)7-13/h4-11H,1-3H2,(H,26,28)(H,27,29)/b24-10+,25-11+. The van der Waals surface area contributed by atoms with Gasteiger partial charge in [-0.3, -0.25) is 9.59 Å². The number of halogens is 4. The Labute approximate surface area is 202 Å². The molecule has 0 radical (unpaired) electrons. The van der Waals surface area contributed by atoms with Crippen LogP contribution in [0.1, 0.15) is 30.4 Å². The number of hydrogen-bond donors (Lipinski definition) is 2. The van der Waals surface area contributed by atoms with E-state index in [9.17, 15) is 9.59 Å². The number of benzene rings is 2. The molecule has 0 aromatic heterocycles. The highest BCUT2D eigenvalue weighted by atomic mass is 79.9. The van der Waals surface area contributed by atoms with Crippen LogP contribution in [0, 0.1) is 0 Å². The van der Waals surface area contributed by atoms with Crippen LogP contribution in [-0.2, 0) is 9.59 Å². The van der Waals surface area contributed by atoms with Gasteiger partial charge in [-0.2, -0.15) is 10.2 Å². The Morgan fingerprint density at radius 1 is 0.690 bits per heavy atom. The molecule has 0 unspecified atom stereocenters. The fourth-order valence-electron chi connectivity index (χ4n) is 2.18. The van der Waals surface area contributed by atoms with Crippen molar-refractivity contribution in [3.05, 3.63) is 65.4 Å². The van der Waals surface area contributed by atoms with Crippen molar-refractivity contribution in [3.63, 3.8) is 0 Å². The normalized spacial score (nSPS) is 11.2. The van der Waals surface area contributed by atoms with Crippen molar-refractivity contribution < 1.29 is 9.59 Å². The third kappa shape index (κ3) is 9.79. The highest BCUT2D eigenvalue weighted by molar-refractivity contribution is 9.11. The van der Waals surface area contributed by atoms with Crippen LogP contribution in [0.2, 0.25) is 0 Å². The molecule has 0 saturated heterocycles. The zero-order valence-corrected chi connectivity index (χ0v) is 21.3. The molecule has 6 nitrogen and oxygen atoms in total. The van der Waals surface area contributed by atoms with Crippen molar-refractivity contribution in [2.45, 2.75) is 19.3 Å². The second-order valence-corrected chi connectivity index (χ2v) is 9.51. The van der Waals surface area contributed by atoms with Gasteiger partial charge in [0.1, 0.15) is 0 Å². The van der Waals surface area contributed by atoms with Gasteiger partial charge in [0.05, 0.1) is 12.4 Å². The maximum Gasteiger partial charge on any atom is 0.240 e. The molecule has 0 bridgehead atoms. The SMILES string of the molecule is O=C(CCCC(=O)N/N=C/c1cc(Br)cc(Br)c1)N/N=C/c1cc(Br)cc(Br)c1. The van der Waals surface area contributed by atoms with Crippen molar-refractivity contribution in [1.82, 2.24) is 10.9 Å². The Kier molecular flexibility index (Phi) is 10.2. The Hall–Kier alpha value is -1.36. The lowest BCUT2D eigenvalue weighted by molar-refractivity contribution is -0.122. The van der Waals surface area contributed by atoms with Crippen molar-refractivity contribution in [2.24, 2.45) is 10.2 Å². The second-order valence-electron chi connectivity index (χ2n) is 5.85. The molecule has 29 heavy (non-hydrogen) atoms. The molecule has 2 amide bonds. The molecule has 0 atom stereocenters. The van der Waals surface area contributed by atoms with Crippen molar-refractivity contribution >= 4 is 88.0 Å². The Balaban J connectivity index is 1.68. The summed E-state index contributed by atoms with van der Waals surface area (Å²) in [6.45, 7) is 0. The van der Waals surface area contributed by atoms with Crippen LogP contribution >= 0.6 is 63.7 Å². The summed E-state index contributed by atoms with van der Waals surface area (Å²) < 4.78 is 3.61. The average Bonchev–Trinajstić information content (AvgIpc) is 2.60. The molecule has 2 N–H and O–H groups in total. The summed E-state index contributed by atoms with van der Waals surface area (Å²) in [6, 6.07) is 11.3. The first-order valence-corrected chi connectivity index (χ1v) is 11.5. The fraction of sp³-hybridized carbons (Fsp3) is 0.158. The van der Waals surface area contributed by atoms with Crippen LogP contribution in [-0.4, -0.2) is 24.2 Å². The predicted molar refractivity (Wildman–Crippen MR) is 129 cm³/mol. The maximum atomic E-state index is 11.8. The summed E-state index contributed by atoms with van der Waals surface area (Å²) in [7, 11) is 0. The minimum Gasteiger partial charge on any atom is -0.273 e. The van der Waals surface area contributed by atoms with Gasteiger partial charge >= 0.3 is 0 Å². The summed E-state index contributed by atoms with van der Waals surface area (Å²) in [5, 5.41) is 7.84. The van der Waals surface area contributed by atoms with E-state index in [4.69, 9.17) is 0 Å². The third-order valence-electron chi connectivity index (χ3n) is 3.38. The largest absolute Gasteiger partial charge is 0.273 e. The van der Waals surface area contributed by atoms with Crippen LogP contribution in [0.4, 0.5) is 0 Å². The molecule has 0 saturated carbocycles. The van der Waals surface area contributed by atoms with Crippen LogP contribution in [0.3, 0.4) is 0 Å². The molecule has 0 aliphatic heterocycles. The second kappa shape index (κ2) is 12.4. The molecular weight excluding hydrogens is 636 g/mol. The molecule has 152 valence electrons. The van der Waals surface area contributed by atoms with Crippen LogP contribution in [0.15, 0.2) is 64.5 Å². The minimum absolute atomic E-state index is 0.190. The highest BCUT2D eigenvalue weighted by Crippen LogP contribution is 2.19. The number of amides is 2. The molecule has 10 heteroatoms. The molecule has 2 rings (SSSR count). The third-order valence-corrected chi connectivity index (χ3v) is 5.21. The zero-order chi connectivity index (χ0) is 21.2. The summed E-state index contributed by atoms with van der Waals surface area (Å²) in [5.41, 5.74) is 6.57. The van der Waals surface area contributed by atoms with Crippen LogP contribution in [0.25, 0.3) is 0 Å². The van der Waals surface area contributed by atoms with E-state index in [1.807, 2.05) is 36.4 Å². The maximum absolute atomic E-state index is 11.8. The zero-order valence-electron chi connectivity index (χ0n) is 15.0. The van der Waals surface area contributed by atoms with Gasteiger partial charge in [0.15, 0.2) is 0 Å². The van der Waals surface area contributed by atoms with Crippen LogP contribution < -0.4 is 10.9 Å². The molecule has 0 fully saturated rings. The number of nitrogens with zero attached hydrogens (tertiary/aromatic N) is 2. The van der Waals surface area contributed by atoms with Crippen molar-refractivity contribution in [3.8, 4) is 0 Å². The van der Waals surface area contributed by atoms with E-state index in [2.05, 4.69) is 84.8 Å². The van der Waals surface area contributed by atoms with Crippen molar-refractivity contribution in [2.75, 3.05) is 0 Å². The van der Waals surface area contributed by atoms with Gasteiger partial charge in [-0.05, 0) is 53.9 Å². The van der Waals surface area contributed by atoms with Crippen LogP contribution in [0.5, 0.6) is 0 Å². The summed E-state index contributed by atoms with van der Waals surface area (Å²) in [6.07, 6.45) is 3.88. The van der Waals surface area contributed by atoms with E-state index < -0.39 is 0 Å². The van der Waals surface area contributed by atoms with Gasteiger partial charge in [0.25, 0.3) is 0 Å². The molecule has 0 aliphatic rings. The monoisotopic (exact) mass is 648 g/mol. The minimum atomic E-state index is -0.259. The van der Waals surface area contributed by atoms with Gasteiger partial charge in [0, 0.05) is 30.7 Å². The topological polar surface area (TPSA) is 82.9 Å². The smallest absolute Gasteiger partial charge is 0.240 e. The van der Waals surface area contributed by atoms with Crippen molar-refractivity contribution in [1.29, 1.82) is 0 Å². The summed E-state index contributed by atoms with van der Waals surface area (Å²) in [5.74, 6) is -0.517. The Morgan fingerprint density at radius 3 is 1.38 bits per heavy atom. The number of rotatable bonds is 8. The van der Waals surface area contributed by atoms with E-state index in [1.54, 1.807) is 12.4 Å². The Bertz CT molecular complexity index is 832. The average molecular weight is 652 g/mol. The number of nitrogens with one attached hydrogen (secondary N) is 2.